The molecule has 1 nitrogen and oxygen atoms in total. The zero-order valence-electron chi connectivity index (χ0n) is 9.84. The molecule has 0 aliphatic carbocycles. The maximum absolute atomic E-state index is 5.97. The van der Waals surface area contributed by atoms with Crippen LogP contribution < -0.4 is 5.32 Å². The molecule has 1 unspecified atom stereocenters. The minimum absolute atomic E-state index is 0.456. The summed E-state index contributed by atoms with van der Waals surface area (Å²) in [6, 6.07) is 4.57. The van der Waals surface area contributed by atoms with Crippen molar-refractivity contribution in [3.8, 4) is 0 Å². The lowest BCUT2D eigenvalue weighted by molar-refractivity contribution is 0.492. The normalized spacial score (nSPS) is 12.6. The van der Waals surface area contributed by atoms with Crippen LogP contribution >= 0.6 is 22.9 Å². The molecule has 0 aromatic carbocycles. The van der Waals surface area contributed by atoms with Gasteiger partial charge in [0.2, 0.25) is 0 Å². The van der Waals surface area contributed by atoms with Gasteiger partial charge in [-0.15, -0.1) is 17.9 Å². The summed E-state index contributed by atoms with van der Waals surface area (Å²) < 4.78 is 0.877. The van der Waals surface area contributed by atoms with Crippen LogP contribution in [-0.4, -0.2) is 6.54 Å². The first kappa shape index (κ1) is 13.8. The van der Waals surface area contributed by atoms with Gasteiger partial charge in [-0.1, -0.05) is 24.6 Å². The van der Waals surface area contributed by atoms with E-state index in [1.165, 1.54) is 11.3 Å². The first-order valence-corrected chi connectivity index (χ1v) is 7.07. The number of thiophene rings is 1. The number of nitrogens with one attached hydrogen (secondary N) is 1. The molecule has 0 spiro atoms. The third kappa shape index (κ3) is 4.69. The van der Waals surface area contributed by atoms with E-state index in [9.17, 15) is 0 Å². The summed E-state index contributed by atoms with van der Waals surface area (Å²) in [4.78, 5) is 1.35. The number of hydrogen-bond acceptors (Lipinski definition) is 2. The van der Waals surface area contributed by atoms with Crippen LogP contribution in [0.4, 0.5) is 0 Å². The third-order valence-electron chi connectivity index (χ3n) is 2.48. The molecule has 0 aliphatic rings. The molecule has 3 heteroatoms. The molecule has 0 radical (unpaired) electrons. The highest BCUT2D eigenvalue weighted by Crippen LogP contribution is 2.29. The van der Waals surface area contributed by atoms with E-state index in [4.69, 9.17) is 11.6 Å². The molecule has 0 saturated heterocycles. The Morgan fingerprint density at radius 3 is 2.94 bits per heavy atom. The number of unbranched alkanes of at least 4 members (excludes halogenated alkanes) is 1. The van der Waals surface area contributed by atoms with Crippen LogP contribution in [0.2, 0.25) is 4.34 Å². The van der Waals surface area contributed by atoms with Gasteiger partial charge in [-0.2, -0.15) is 0 Å². The Kier molecular flexibility index (Phi) is 6.78. The number of allylic oxidation sites excluding steroid dienone is 1. The average Bonchev–Trinajstić information content (AvgIpc) is 2.70. The van der Waals surface area contributed by atoms with E-state index in [0.29, 0.717) is 6.04 Å². The molecule has 0 amide bonds. The zero-order chi connectivity index (χ0) is 11.8. The van der Waals surface area contributed by atoms with Crippen molar-refractivity contribution in [3.63, 3.8) is 0 Å². The fourth-order valence-electron chi connectivity index (χ4n) is 1.65. The molecule has 0 saturated carbocycles. The Labute approximate surface area is 108 Å². The third-order valence-corrected chi connectivity index (χ3v) is 3.82. The highest BCUT2D eigenvalue weighted by molar-refractivity contribution is 7.16. The molecule has 1 aromatic heterocycles. The van der Waals surface area contributed by atoms with Gasteiger partial charge in [-0.3, -0.25) is 0 Å². The van der Waals surface area contributed by atoms with E-state index in [1.807, 2.05) is 12.1 Å². The molecule has 1 heterocycles. The van der Waals surface area contributed by atoms with E-state index in [1.54, 1.807) is 11.3 Å². The molecular formula is C13H20ClNS. The molecule has 1 atom stereocenters. The summed E-state index contributed by atoms with van der Waals surface area (Å²) in [7, 11) is 0. The van der Waals surface area contributed by atoms with Crippen molar-refractivity contribution in [2.24, 2.45) is 0 Å². The van der Waals surface area contributed by atoms with Crippen molar-refractivity contribution in [2.45, 2.75) is 38.6 Å². The topological polar surface area (TPSA) is 12.0 Å². The van der Waals surface area contributed by atoms with Gasteiger partial charge in [0.05, 0.1) is 4.34 Å². The first-order chi connectivity index (χ1) is 7.77. The van der Waals surface area contributed by atoms with Crippen molar-refractivity contribution < 1.29 is 0 Å². The lowest BCUT2D eigenvalue weighted by Crippen LogP contribution is -2.21. The van der Waals surface area contributed by atoms with Gasteiger partial charge in [0.25, 0.3) is 0 Å². The van der Waals surface area contributed by atoms with E-state index >= 15 is 0 Å². The van der Waals surface area contributed by atoms with Gasteiger partial charge in [0.1, 0.15) is 0 Å². The fourth-order valence-corrected chi connectivity index (χ4v) is 2.82. The van der Waals surface area contributed by atoms with Crippen LogP contribution in [-0.2, 0) is 0 Å². The Morgan fingerprint density at radius 2 is 2.38 bits per heavy atom. The predicted molar refractivity (Wildman–Crippen MR) is 74.4 cm³/mol. The van der Waals surface area contributed by atoms with Crippen LogP contribution in [0.25, 0.3) is 0 Å². The molecule has 0 aliphatic heterocycles. The molecule has 90 valence electrons. The molecule has 1 rings (SSSR count). The second-order valence-corrected chi connectivity index (χ2v) is 5.61. The van der Waals surface area contributed by atoms with Crippen LogP contribution in [0.3, 0.4) is 0 Å². The van der Waals surface area contributed by atoms with Crippen LogP contribution in [0.15, 0.2) is 24.8 Å². The summed E-state index contributed by atoms with van der Waals surface area (Å²) in [6.45, 7) is 7.01. The lowest BCUT2D eigenvalue weighted by Gasteiger charge is -2.16. The summed E-state index contributed by atoms with van der Waals surface area (Å²) in [5, 5.41) is 3.58. The fraction of sp³-hybridized carbons (Fsp3) is 0.538. The second kappa shape index (κ2) is 7.88. The van der Waals surface area contributed by atoms with Gasteiger partial charge in [-0.05, 0) is 44.4 Å². The Balaban J connectivity index is 2.52. The number of rotatable bonds is 8. The van der Waals surface area contributed by atoms with E-state index in [0.717, 1.165) is 30.1 Å². The predicted octanol–water partition coefficient (Wildman–Crippen LogP) is 4.80. The largest absolute Gasteiger partial charge is 0.309 e. The van der Waals surface area contributed by atoms with Gasteiger partial charge in [0.15, 0.2) is 0 Å². The second-order valence-electron chi connectivity index (χ2n) is 3.87. The first-order valence-electron chi connectivity index (χ1n) is 5.87. The monoisotopic (exact) mass is 257 g/mol. The van der Waals surface area contributed by atoms with E-state index in [-0.39, 0.29) is 0 Å². The molecule has 1 aromatic rings. The molecule has 1 N–H and O–H groups in total. The lowest BCUT2D eigenvalue weighted by atomic mass is 10.1. The standard InChI is InChI=1S/C13H20ClNS/c1-3-5-6-7-11(15-10-4-2)12-8-9-13(14)16-12/h3,8-9,11,15H,1,4-7,10H2,2H3. The van der Waals surface area contributed by atoms with Gasteiger partial charge in [-0.25, -0.2) is 0 Å². The highest BCUT2D eigenvalue weighted by atomic mass is 35.5. The van der Waals surface area contributed by atoms with Crippen LogP contribution in [0.5, 0.6) is 0 Å². The van der Waals surface area contributed by atoms with Crippen molar-refractivity contribution in [1.82, 2.24) is 5.32 Å². The summed E-state index contributed by atoms with van der Waals surface area (Å²) in [5.41, 5.74) is 0. The van der Waals surface area contributed by atoms with Crippen LogP contribution in [0.1, 0.15) is 43.5 Å². The zero-order valence-corrected chi connectivity index (χ0v) is 11.4. The van der Waals surface area contributed by atoms with Gasteiger partial charge < -0.3 is 5.32 Å². The summed E-state index contributed by atoms with van der Waals surface area (Å²) >= 11 is 7.66. The van der Waals surface area contributed by atoms with Gasteiger partial charge >= 0.3 is 0 Å². The van der Waals surface area contributed by atoms with Crippen molar-refractivity contribution in [1.29, 1.82) is 0 Å². The minimum Gasteiger partial charge on any atom is -0.309 e. The van der Waals surface area contributed by atoms with Crippen molar-refractivity contribution >= 4 is 22.9 Å². The molecule has 16 heavy (non-hydrogen) atoms. The molecule has 0 fully saturated rings. The Bertz CT molecular complexity index is 309. The summed E-state index contributed by atoms with van der Waals surface area (Å²) in [5.74, 6) is 0. The molecule has 0 bridgehead atoms. The van der Waals surface area contributed by atoms with Crippen molar-refractivity contribution in [2.75, 3.05) is 6.54 Å². The summed E-state index contributed by atoms with van der Waals surface area (Å²) in [6.07, 6.45) is 6.57. The Hall–Kier alpha value is -0.310. The van der Waals surface area contributed by atoms with E-state index < -0.39 is 0 Å². The number of hydrogen-bond donors (Lipinski definition) is 1. The smallest absolute Gasteiger partial charge is 0.0931 e. The van der Waals surface area contributed by atoms with Crippen LogP contribution in [0, 0.1) is 0 Å². The number of halogens is 1. The Morgan fingerprint density at radius 1 is 1.56 bits per heavy atom. The highest BCUT2D eigenvalue weighted by Gasteiger charge is 2.12. The maximum Gasteiger partial charge on any atom is 0.0931 e. The SMILES string of the molecule is C=CCCCC(NCCC)c1ccc(Cl)s1. The molecular weight excluding hydrogens is 238 g/mol. The minimum atomic E-state index is 0.456. The maximum atomic E-state index is 5.97. The quantitative estimate of drug-likeness (QED) is 0.521. The van der Waals surface area contributed by atoms with Crippen molar-refractivity contribution in [3.05, 3.63) is 34.0 Å². The van der Waals surface area contributed by atoms with E-state index in [2.05, 4.69) is 24.9 Å². The average molecular weight is 258 g/mol. The van der Waals surface area contributed by atoms with Gasteiger partial charge in [0, 0.05) is 10.9 Å².